The predicted octanol–water partition coefficient (Wildman–Crippen LogP) is 3.23. The van der Waals surface area contributed by atoms with Crippen LogP contribution in [0.1, 0.15) is 18.1 Å². The van der Waals surface area contributed by atoms with Gasteiger partial charge in [0.1, 0.15) is 6.61 Å². The zero-order chi connectivity index (χ0) is 13.5. The summed E-state index contributed by atoms with van der Waals surface area (Å²) in [7, 11) is 0. The maximum atomic E-state index is 11.7. The molecule has 1 heterocycles. The molecule has 1 aromatic heterocycles. The smallest absolute Gasteiger partial charge is 0.331 e. The number of ether oxygens (including phenoxy) is 1. The van der Waals surface area contributed by atoms with Crippen LogP contribution in [0.15, 0.2) is 60.9 Å². The number of carbonyl (C=O) groups is 1. The zero-order valence-electron chi connectivity index (χ0n) is 10.7. The molecule has 2 rings (SSSR count). The highest BCUT2D eigenvalue weighted by molar-refractivity contribution is 5.90. The minimum Gasteiger partial charge on any atom is -0.458 e. The molecule has 0 saturated carbocycles. The van der Waals surface area contributed by atoms with Gasteiger partial charge < -0.3 is 4.74 Å². The van der Waals surface area contributed by atoms with Gasteiger partial charge in [0.05, 0.1) is 0 Å². The highest BCUT2D eigenvalue weighted by Crippen LogP contribution is 2.12. The standard InChI is InChI=1S/C16H15NO2/c1-13(15-7-9-17-10-8-15)11-16(18)19-12-14-5-3-2-4-6-14/h2-11H,12H2,1H3/b13-11-. The molecule has 0 aliphatic heterocycles. The number of carbonyl (C=O) groups excluding carboxylic acids is 1. The van der Waals surface area contributed by atoms with Gasteiger partial charge in [-0.1, -0.05) is 30.3 Å². The topological polar surface area (TPSA) is 39.2 Å². The van der Waals surface area contributed by atoms with Gasteiger partial charge in [0.15, 0.2) is 0 Å². The van der Waals surface area contributed by atoms with E-state index in [9.17, 15) is 4.79 Å². The van der Waals surface area contributed by atoms with Gasteiger partial charge in [-0.2, -0.15) is 0 Å². The van der Waals surface area contributed by atoms with Crippen molar-refractivity contribution in [3.8, 4) is 0 Å². The Morgan fingerprint density at radius 1 is 1.16 bits per heavy atom. The van der Waals surface area contributed by atoms with Crippen molar-refractivity contribution >= 4 is 11.5 Å². The van der Waals surface area contributed by atoms with Gasteiger partial charge in [0.2, 0.25) is 0 Å². The molecule has 0 unspecified atom stereocenters. The van der Waals surface area contributed by atoms with Gasteiger partial charge in [-0.05, 0) is 35.8 Å². The molecule has 96 valence electrons. The van der Waals surface area contributed by atoms with Crippen LogP contribution in [0.2, 0.25) is 0 Å². The summed E-state index contributed by atoms with van der Waals surface area (Å²) in [5, 5.41) is 0. The molecular weight excluding hydrogens is 238 g/mol. The lowest BCUT2D eigenvalue weighted by molar-refractivity contribution is -0.138. The molecule has 3 heteroatoms. The average Bonchev–Trinajstić information content (AvgIpc) is 2.47. The minimum absolute atomic E-state index is 0.291. The van der Waals surface area contributed by atoms with Crippen LogP contribution >= 0.6 is 0 Å². The molecule has 0 saturated heterocycles. The van der Waals surface area contributed by atoms with Crippen molar-refractivity contribution in [1.29, 1.82) is 0 Å². The first kappa shape index (κ1) is 13.0. The van der Waals surface area contributed by atoms with Crippen molar-refractivity contribution in [2.24, 2.45) is 0 Å². The summed E-state index contributed by atoms with van der Waals surface area (Å²) >= 11 is 0. The minimum atomic E-state index is -0.335. The Morgan fingerprint density at radius 3 is 2.53 bits per heavy atom. The van der Waals surface area contributed by atoms with Crippen LogP contribution < -0.4 is 0 Å². The second-order valence-electron chi connectivity index (χ2n) is 4.16. The second-order valence-corrected chi connectivity index (χ2v) is 4.16. The van der Waals surface area contributed by atoms with Crippen LogP contribution in [0.3, 0.4) is 0 Å². The number of pyridine rings is 1. The van der Waals surface area contributed by atoms with E-state index in [0.717, 1.165) is 16.7 Å². The number of esters is 1. The van der Waals surface area contributed by atoms with Crippen molar-refractivity contribution in [2.75, 3.05) is 0 Å². The zero-order valence-corrected chi connectivity index (χ0v) is 10.7. The van der Waals surface area contributed by atoms with E-state index in [-0.39, 0.29) is 5.97 Å². The normalized spacial score (nSPS) is 11.1. The SMILES string of the molecule is C/C(=C/C(=O)OCc1ccccc1)c1ccncc1. The lowest BCUT2D eigenvalue weighted by Crippen LogP contribution is -2.01. The number of nitrogens with zero attached hydrogens (tertiary/aromatic N) is 1. The molecule has 3 nitrogen and oxygen atoms in total. The first-order valence-electron chi connectivity index (χ1n) is 6.05. The molecule has 0 spiro atoms. The summed E-state index contributed by atoms with van der Waals surface area (Å²) in [5.74, 6) is -0.335. The summed E-state index contributed by atoms with van der Waals surface area (Å²) in [6.07, 6.45) is 4.89. The summed E-state index contributed by atoms with van der Waals surface area (Å²) < 4.78 is 5.19. The van der Waals surface area contributed by atoms with Gasteiger partial charge >= 0.3 is 5.97 Å². The monoisotopic (exact) mass is 253 g/mol. The molecule has 0 atom stereocenters. The van der Waals surface area contributed by atoms with E-state index < -0.39 is 0 Å². The molecule has 0 radical (unpaired) electrons. The number of benzene rings is 1. The van der Waals surface area contributed by atoms with Crippen molar-refractivity contribution in [1.82, 2.24) is 4.98 Å². The third-order valence-corrected chi connectivity index (χ3v) is 2.69. The molecule has 0 amide bonds. The Labute approximate surface area is 112 Å². The van der Waals surface area contributed by atoms with Crippen molar-refractivity contribution in [3.05, 3.63) is 72.1 Å². The number of rotatable bonds is 4. The first-order valence-corrected chi connectivity index (χ1v) is 6.05. The Bertz CT molecular complexity index is 562. The van der Waals surface area contributed by atoms with Gasteiger partial charge in [0.25, 0.3) is 0 Å². The number of allylic oxidation sites excluding steroid dienone is 1. The fourth-order valence-electron chi connectivity index (χ4n) is 1.65. The maximum absolute atomic E-state index is 11.7. The lowest BCUT2D eigenvalue weighted by atomic mass is 10.1. The fourth-order valence-corrected chi connectivity index (χ4v) is 1.65. The van der Waals surface area contributed by atoms with E-state index in [2.05, 4.69) is 4.98 Å². The Balaban J connectivity index is 1.94. The molecule has 0 N–H and O–H groups in total. The highest BCUT2D eigenvalue weighted by Gasteiger charge is 2.02. The summed E-state index contributed by atoms with van der Waals surface area (Å²) in [6, 6.07) is 13.3. The van der Waals surface area contributed by atoms with Crippen molar-refractivity contribution in [3.63, 3.8) is 0 Å². The van der Waals surface area contributed by atoms with Crippen molar-refractivity contribution in [2.45, 2.75) is 13.5 Å². The third-order valence-electron chi connectivity index (χ3n) is 2.69. The van der Waals surface area contributed by atoms with E-state index in [4.69, 9.17) is 4.74 Å². The molecule has 2 aromatic rings. The number of hydrogen-bond acceptors (Lipinski definition) is 3. The Kier molecular flexibility index (Phi) is 4.45. The van der Waals surface area contributed by atoms with E-state index in [1.165, 1.54) is 6.08 Å². The van der Waals surface area contributed by atoms with Gasteiger partial charge in [-0.3, -0.25) is 4.98 Å². The molecule has 19 heavy (non-hydrogen) atoms. The molecule has 0 aliphatic rings. The van der Waals surface area contributed by atoms with Crippen LogP contribution in [0, 0.1) is 0 Å². The molecule has 0 bridgehead atoms. The maximum Gasteiger partial charge on any atom is 0.331 e. The van der Waals surface area contributed by atoms with Gasteiger partial charge in [-0.15, -0.1) is 0 Å². The molecule has 0 aliphatic carbocycles. The Morgan fingerprint density at radius 2 is 1.84 bits per heavy atom. The van der Waals surface area contributed by atoms with Gasteiger partial charge in [-0.25, -0.2) is 4.79 Å². The van der Waals surface area contributed by atoms with Crippen LogP contribution in [0.5, 0.6) is 0 Å². The van der Waals surface area contributed by atoms with Crippen LogP contribution in [0.25, 0.3) is 5.57 Å². The highest BCUT2D eigenvalue weighted by atomic mass is 16.5. The second kappa shape index (κ2) is 6.50. The fraction of sp³-hybridized carbons (Fsp3) is 0.125. The van der Waals surface area contributed by atoms with E-state index >= 15 is 0 Å². The summed E-state index contributed by atoms with van der Waals surface area (Å²) in [5.41, 5.74) is 2.80. The largest absolute Gasteiger partial charge is 0.458 e. The van der Waals surface area contributed by atoms with E-state index in [1.807, 2.05) is 49.4 Å². The average molecular weight is 253 g/mol. The third kappa shape index (κ3) is 4.07. The molecular formula is C16H15NO2. The lowest BCUT2D eigenvalue weighted by Gasteiger charge is -2.03. The Hall–Kier alpha value is -2.42. The summed E-state index contributed by atoms with van der Waals surface area (Å²) in [6.45, 7) is 2.17. The first-order chi connectivity index (χ1) is 9.25. The van der Waals surface area contributed by atoms with Crippen LogP contribution in [-0.2, 0) is 16.1 Å². The van der Waals surface area contributed by atoms with Crippen molar-refractivity contribution < 1.29 is 9.53 Å². The molecule has 1 aromatic carbocycles. The quantitative estimate of drug-likeness (QED) is 0.620. The van der Waals surface area contributed by atoms with E-state index in [1.54, 1.807) is 12.4 Å². The summed E-state index contributed by atoms with van der Waals surface area (Å²) in [4.78, 5) is 15.6. The van der Waals surface area contributed by atoms with Gasteiger partial charge in [0, 0.05) is 18.5 Å². The van der Waals surface area contributed by atoms with Crippen LogP contribution in [0.4, 0.5) is 0 Å². The van der Waals surface area contributed by atoms with E-state index in [0.29, 0.717) is 6.61 Å². The molecule has 0 fully saturated rings. The van der Waals surface area contributed by atoms with Crippen LogP contribution in [-0.4, -0.2) is 11.0 Å². The predicted molar refractivity (Wildman–Crippen MR) is 74.1 cm³/mol. The number of aromatic nitrogens is 1. The number of hydrogen-bond donors (Lipinski definition) is 0.